The zero-order chi connectivity index (χ0) is 27.6. The van der Waals surface area contributed by atoms with Crippen LogP contribution in [0.25, 0.3) is 0 Å². The Morgan fingerprint density at radius 2 is 1.64 bits per heavy atom. The van der Waals surface area contributed by atoms with E-state index in [0.29, 0.717) is 19.4 Å². The molecule has 3 fully saturated rings. The van der Waals surface area contributed by atoms with Gasteiger partial charge in [-0.15, -0.1) is 0 Å². The van der Waals surface area contributed by atoms with E-state index >= 15 is 0 Å². The predicted molar refractivity (Wildman–Crippen MR) is 134 cm³/mol. The summed E-state index contributed by atoms with van der Waals surface area (Å²) in [4.78, 5) is 66.2. The van der Waals surface area contributed by atoms with Crippen LogP contribution in [0.2, 0.25) is 0 Å². The van der Waals surface area contributed by atoms with Gasteiger partial charge in [-0.2, -0.15) is 0 Å². The van der Waals surface area contributed by atoms with Crippen molar-refractivity contribution in [2.75, 3.05) is 6.54 Å². The van der Waals surface area contributed by atoms with Gasteiger partial charge in [0.15, 0.2) is 0 Å². The molecular formula is C26H43N5O5. The fourth-order valence-corrected chi connectivity index (χ4v) is 5.96. The van der Waals surface area contributed by atoms with E-state index < -0.39 is 52.2 Å². The second kappa shape index (κ2) is 8.73. The minimum atomic E-state index is -1.29. The molecule has 5 amide bonds. The maximum atomic E-state index is 13.9. The van der Waals surface area contributed by atoms with E-state index in [4.69, 9.17) is 5.73 Å². The molecule has 6 atom stereocenters. The lowest BCUT2D eigenvalue weighted by molar-refractivity contribution is -0.145. The summed E-state index contributed by atoms with van der Waals surface area (Å²) >= 11 is 0. The number of carbonyl (C=O) groups excluding carboxylic acids is 5. The Morgan fingerprint density at radius 3 is 2.08 bits per heavy atom. The largest absolute Gasteiger partial charge is 0.363 e. The fourth-order valence-electron chi connectivity index (χ4n) is 5.96. The molecule has 4 unspecified atom stereocenters. The monoisotopic (exact) mass is 505 g/mol. The standard InChI is InChI=1S/C26H43N5O5/c1-10-13-11-26(13,18(32)19(27)33)29-20(34)16-15-14(25(15,8)9)12-31(16)21(35)17(23(2,3)4)28-22(36)30-24(5,6)7/h13-17H,10-12H2,1-9H3,(H2,27,33)(H,29,34)(H2,28,30,36)/t13?,14?,15?,16-,17+,26?/m0/s1. The Morgan fingerprint density at radius 1 is 1.06 bits per heavy atom. The van der Waals surface area contributed by atoms with Crippen LogP contribution in [0.1, 0.15) is 75.2 Å². The number of nitrogens with two attached hydrogens (primary N) is 1. The SMILES string of the molecule is CCC1CC1(NC(=O)[C@@H]1C2C(CN1C(=O)[C@@H](NC(=O)NC(C)(C)C)C(C)(C)C)C2(C)C)C(=O)C(N)=O. The molecule has 0 aromatic rings. The summed E-state index contributed by atoms with van der Waals surface area (Å²) in [6.45, 7) is 17.5. The third-order valence-corrected chi connectivity index (χ3v) is 8.21. The lowest BCUT2D eigenvalue weighted by Gasteiger charge is -2.38. The lowest BCUT2D eigenvalue weighted by Crippen LogP contribution is -2.62. The number of nitrogens with zero attached hydrogens (tertiary/aromatic N) is 1. The first kappa shape index (κ1) is 27.9. The van der Waals surface area contributed by atoms with E-state index in [1.165, 1.54) is 0 Å². The van der Waals surface area contributed by atoms with Crippen LogP contribution in [-0.4, -0.2) is 64.1 Å². The fraction of sp³-hybridized carbons (Fsp3) is 0.808. The summed E-state index contributed by atoms with van der Waals surface area (Å²) in [5.41, 5.74) is 2.75. The molecule has 1 aliphatic heterocycles. The number of primary amides is 1. The minimum Gasteiger partial charge on any atom is -0.363 e. The average molecular weight is 506 g/mol. The van der Waals surface area contributed by atoms with Crippen molar-refractivity contribution in [3.63, 3.8) is 0 Å². The van der Waals surface area contributed by atoms with Crippen LogP contribution in [-0.2, 0) is 19.2 Å². The van der Waals surface area contributed by atoms with Gasteiger partial charge in [-0.25, -0.2) is 4.79 Å². The van der Waals surface area contributed by atoms with Crippen molar-refractivity contribution in [3.8, 4) is 0 Å². The van der Waals surface area contributed by atoms with Crippen molar-refractivity contribution in [1.29, 1.82) is 0 Å². The number of Topliss-reactive ketones (excluding diaryl/α,β-unsaturated/α-hetero) is 1. The van der Waals surface area contributed by atoms with Crippen molar-refractivity contribution in [2.45, 2.75) is 98.3 Å². The van der Waals surface area contributed by atoms with Crippen LogP contribution in [0.4, 0.5) is 4.79 Å². The van der Waals surface area contributed by atoms with Gasteiger partial charge < -0.3 is 26.6 Å². The smallest absolute Gasteiger partial charge is 0.315 e. The van der Waals surface area contributed by atoms with E-state index in [-0.39, 0.29) is 29.1 Å². The minimum absolute atomic E-state index is 0.0787. The predicted octanol–water partition coefficient (Wildman–Crippen LogP) is 1.32. The number of likely N-dealkylation sites (tertiary alicyclic amines) is 1. The molecular weight excluding hydrogens is 462 g/mol. The number of fused-ring (bicyclic) bond motifs is 1. The highest BCUT2D eigenvalue weighted by atomic mass is 16.2. The molecule has 3 rings (SSSR count). The molecule has 36 heavy (non-hydrogen) atoms. The molecule has 10 heteroatoms. The summed E-state index contributed by atoms with van der Waals surface area (Å²) in [6.07, 6.45) is 0.970. The Kier molecular flexibility index (Phi) is 6.77. The quantitative estimate of drug-likeness (QED) is 0.385. The number of urea groups is 1. The third-order valence-electron chi connectivity index (χ3n) is 8.21. The molecule has 3 aliphatic rings. The van der Waals surface area contributed by atoms with Crippen molar-refractivity contribution < 1.29 is 24.0 Å². The van der Waals surface area contributed by atoms with E-state index in [0.717, 1.165) is 0 Å². The molecule has 0 radical (unpaired) electrons. The number of ketones is 1. The number of piperidine rings is 1. The first-order chi connectivity index (χ1) is 16.3. The molecule has 0 spiro atoms. The Bertz CT molecular complexity index is 978. The molecule has 202 valence electrons. The van der Waals surface area contributed by atoms with Gasteiger partial charge in [0.05, 0.1) is 0 Å². The number of hydrogen-bond acceptors (Lipinski definition) is 5. The maximum Gasteiger partial charge on any atom is 0.315 e. The van der Waals surface area contributed by atoms with Gasteiger partial charge in [-0.1, -0.05) is 48.0 Å². The van der Waals surface area contributed by atoms with Crippen LogP contribution in [0.5, 0.6) is 0 Å². The lowest BCUT2D eigenvalue weighted by atomic mass is 9.85. The number of amides is 5. The molecule has 2 saturated carbocycles. The highest BCUT2D eigenvalue weighted by Gasteiger charge is 2.71. The second-order valence-electron chi connectivity index (χ2n) is 13.5. The summed E-state index contributed by atoms with van der Waals surface area (Å²) in [5, 5.41) is 8.48. The summed E-state index contributed by atoms with van der Waals surface area (Å²) in [7, 11) is 0. The first-order valence-electron chi connectivity index (χ1n) is 12.8. The Hall–Kier alpha value is -2.65. The second-order valence-corrected chi connectivity index (χ2v) is 13.5. The molecule has 5 N–H and O–H groups in total. The van der Waals surface area contributed by atoms with E-state index in [1.807, 2.05) is 48.5 Å². The zero-order valence-corrected chi connectivity index (χ0v) is 23.1. The van der Waals surface area contributed by atoms with Crippen molar-refractivity contribution in [2.24, 2.45) is 34.3 Å². The van der Waals surface area contributed by atoms with E-state index in [2.05, 4.69) is 29.8 Å². The van der Waals surface area contributed by atoms with Crippen molar-refractivity contribution in [1.82, 2.24) is 20.9 Å². The van der Waals surface area contributed by atoms with E-state index in [1.54, 1.807) is 4.90 Å². The first-order valence-corrected chi connectivity index (χ1v) is 12.8. The maximum absolute atomic E-state index is 13.9. The third kappa shape index (κ3) is 4.95. The molecule has 0 bridgehead atoms. The van der Waals surface area contributed by atoms with Crippen molar-refractivity contribution >= 4 is 29.5 Å². The molecule has 2 aliphatic carbocycles. The van der Waals surface area contributed by atoms with Crippen LogP contribution >= 0.6 is 0 Å². The Balaban J connectivity index is 1.87. The molecule has 0 aromatic heterocycles. The molecule has 10 nitrogen and oxygen atoms in total. The summed E-state index contributed by atoms with van der Waals surface area (Å²) in [5.74, 6) is -2.77. The van der Waals surface area contributed by atoms with E-state index in [9.17, 15) is 24.0 Å². The summed E-state index contributed by atoms with van der Waals surface area (Å²) < 4.78 is 0. The molecule has 0 aromatic carbocycles. The topological polar surface area (TPSA) is 151 Å². The Labute approximate surface area is 213 Å². The number of rotatable bonds is 7. The van der Waals surface area contributed by atoms with Gasteiger partial charge in [0.2, 0.25) is 17.6 Å². The zero-order valence-electron chi connectivity index (χ0n) is 23.1. The number of carbonyl (C=O) groups is 5. The van der Waals surface area contributed by atoms with Gasteiger partial charge >= 0.3 is 6.03 Å². The van der Waals surface area contributed by atoms with Crippen LogP contribution < -0.4 is 21.7 Å². The molecule has 1 saturated heterocycles. The summed E-state index contributed by atoms with van der Waals surface area (Å²) in [6, 6.07) is -2.14. The van der Waals surface area contributed by atoms with Gasteiger partial charge in [0.1, 0.15) is 17.6 Å². The highest BCUT2D eigenvalue weighted by molar-refractivity contribution is 6.40. The van der Waals surface area contributed by atoms with Gasteiger partial charge in [-0.05, 0) is 55.8 Å². The number of hydrogen-bond donors (Lipinski definition) is 4. The van der Waals surface area contributed by atoms with Crippen LogP contribution in [0.3, 0.4) is 0 Å². The van der Waals surface area contributed by atoms with Gasteiger partial charge in [-0.3, -0.25) is 19.2 Å². The van der Waals surface area contributed by atoms with Crippen LogP contribution in [0.15, 0.2) is 0 Å². The number of nitrogens with one attached hydrogen (secondary N) is 3. The van der Waals surface area contributed by atoms with Gasteiger partial charge in [0.25, 0.3) is 5.91 Å². The average Bonchev–Trinajstić information content (AvgIpc) is 3.46. The normalized spacial score (nSPS) is 31.1. The van der Waals surface area contributed by atoms with Gasteiger partial charge in [0, 0.05) is 12.1 Å². The highest BCUT2D eigenvalue weighted by Crippen LogP contribution is 2.65. The van der Waals surface area contributed by atoms with Crippen LogP contribution in [0, 0.1) is 28.6 Å². The molecule has 1 heterocycles. The van der Waals surface area contributed by atoms with Crippen molar-refractivity contribution in [3.05, 3.63) is 0 Å².